The fraction of sp³-hybridized carbons (Fsp3) is 0.273. The van der Waals surface area contributed by atoms with E-state index in [4.69, 9.17) is 21.6 Å². The first kappa shape index (κ1) is 12.9. The highest BCUT2D eigenvalue weighted by molar-refractivity contribution is 7.98. The van der Waals surface area contributed by atoms with Crippen LogP contribution in [0.2, 0.25) is 5.02 Å². The quantitative estimate of drug-likeness (QED) is 0.615. The van der Waals surface area contributed by atoms with Crippen molar-refractivity contribution in [1.82, 2.24) is 0 Å². The molecule has 5 heteroatoms. The third-order valence-corrected chi connectivity index (χ3v) is 3.13. The van der Waals surface area contributed by atoms with Crippen molar-refractivity contribution in [2.75, 3.05) is 6.26 Å². The lowest BCUT2D eigenvalue weighted by Gasteiger charge is -2.07. The molecule has 0 heterocycles. The first-order valence-corrected chi connectivity index (χ1v) is 6.08. The Bertz CT molecular complexity index is 454. The van der Waals surface area contributed by atoms with E-state index in [-0.39, 0.29) is 12.6 Å². The molecule has 0 saturated carbocycles. The Morgan fingerprint density at radius 1 is 1.62 bits per heavy atom. The second kappa shape index (κ2) is 5.78. The number of nitriles is 1. The second-order valence-electron chi connectivity index (χ2n) is 3.04. The van der Waals surface area contributed by atoms with Crippen LogP contribution in [0.4, 0.5) is 0 Å². The van der Waals surface area contributed by atoms with Crippen molar-refractivity contribution in [3.8, 4) is 6.07 Å². The van der Waals surface area contributed by atoms with Crippen LogP contribution in [0.25, 0.3) is 0 Å². The smallest absolute Gasteiger partial charge is 0.302 e. The highest BCUT2D eigenvalue weighted by Gasteiger charge is 2.09. The van der Waals surface area contributed by atoms with Crippen molar-refractivity contribution in [3.05, 3.63) is 28.3 Å². The Hall–Kier alpha value is -1.18. The summed E-state index contributed by atoms with van der Waals surface area (Å²) >= 11 is 7.47. The summed E-state index contributed by atoms with van der Waals surface area (Å²) in [5.74, 6) is -0.381. The summed E-state index contributed by atoms with van der Waals surface area (Å²) in [6.45, 7) is 1.40. The fourth-order valence-corrected chi connectivity index (χ4v) is 2.06. The first-order valence-electron chi connectivity index (χ1n) is 4.48. The Labute approximate surface area is 103 Å². The van der Waals surface area contributed by atoms with Gasteiger partial charge in [0, 0.05) is 17.4 Å². The summed E-state index contributed by atoms with van der Waals surface area (Å²) < 4.78 is 4.84. The maximum atomic E-state index is 10.7. The van der Waals surface area contributed by atoms with Gasteiger partial charge in [0.2, 0.25) is 0 Å². The summed E-state index contributed by atoms with van der Waals surface area (Å²) in [6.07, 6.45) is 1.88. The minimum absolute atomic E-state index is 0.0760. The molecule has 0 aliphatic heterocycles. The number of hydrogen-bond acceptors (Lipinski definition) is 4. The third-order valence-electron chi connectivity index (χ3n) is 1.93. The molecule has 16 heavy (non-hydrogen) atoms. The lowest BCUT2D eigenvalue weighted by Crippen LogP contribution is -2.01. The molecular formula is C11H10ClNO2S. The van der Waals surface area contributed by atoms with E-state index in [1.165, 1.54) is 18.7 Å². The zero-order valence-electron chi connectivity index (χ0n) is 8.91. The molecule has 0 unspecified atom stereocenters. The van der Waals surface area contributed by atoms with Gasteiger partial charge < -0.3 is 4.74 Å². The van der Waals surface area contributed by atoms with Gasteiger partial charge in [0.15, 0.2) is 0 Å². The average molecular weight is 256 g/mol. The van der Waals surface area contributed by atoms with Crippen molar-refractivity contribution >= 4 is 29.3 Å². The largest absolute Gasteiger partial charge is 0.461 e. The van der Waals surface area contributed by atoms with Crippen molar-refractivity contribution in [1.29, 1.82) is 5.26 Å². The van der Waals surface area contributed by atoms with E-state index in [0.717, 1.165) is 4.90 Å². The minimum Gasteiger partial charge on any atom is -0.461 e. The van der Waals surface area contributed by atoms with Crippen LogP contribution >= 0.6 is 23.4 Å². The molecular weight excluding hydrogens is 246 g/mol. The van der Waals surface area contributed by atoms with Crippen molar-refractivity contribution in [2.45, 2.75) is 18.4 Å². The number of rotatable bonds is 3. The van der Waals surface area contributed by atoms with Crippen molar-refractivity contribution in [3.63, 3.8) is 0 Å². The van der Waals surface area contributed by atoms with Gasteiger partial charge in [0.25, 0.3) is 0 Å². The van der Waals surface area contributed by atoms with E-state index >= 15 is 0 Å². The van der Waals surface area contributed by atoms with Crippen LogP contribution in [-0.2, 0) is 16.1 Å². The number of thioether (sulfide) groups is 1. The van der Waals surface area contributed by atoms with E-state index in [0.29, 0.717) is 16.1 Å². The molecule has 0 fully saturated rings. The van der Waals surface area contributed by atoms with E-state index in [2.05, 4.69) is 6.07 Å². The van der Waals surface area contributed by atoms with Crippen molar-refractivity contribution < 1.29 is 9.53 Å². The Balaban J connectivity index is 3.04. The van der Waals surface area contributed by atoms with Gasteiger partial charge in [0.1, 0.15) is 6.61 Å². The Kier molecular flexibility index (Phi) is 4.66. The molecule has 0 aliphatic rings. The van der Waals surface area contributed by atoms with E-state index in [9.17, 15) is 4.79 Å². The van der Waals surface area contributed by atoms with Gasteiger partial charge in [-0.3, -0.25) is 4.79 Å². The van der Waals surface area contributed by atoms with Gasteiger partial charge in [-0.2, -0.15) is 5.26 Å². The topological polar surface area (TPSA) is 50.1 Å². The van der Waals surface area contributed by atoms with Gasteiger partial charge in [-0.25, -0.2) is 0 Å². The van der Waals surface area contributed by atoms with Crippen LogP contribution in [0.15, 0.2) is 17.0 Å². The maximum Gasteiger partial charge on any atom is 0.302 e. The third kappa shape index (κ3) is 3.16. The average Bonchev–Trinajstić information content (AvgIpc) is 2.26. The molecule has 0 saturated heterocycles. The van der Waals surface area contributed by atoms with Gasteiger partial charge >= 0.3 is 5.97 Å². The lowest BCUT2D eigenvalue weighted by atomic mass is 10.1. The molecule has 84 valence electrons. The van der Waals surface area contributed by atoms with Gasteiger partial charge in [-0.1, -0.05) is 11.6 Å². The molecule has 0 amide bonds. The van der Waals surface area contributed by atoms with Crippen molar-refractivity contribution in [2.24, 2.45) is 0 Å². The zero-order valence-corrected chi connectivity index (χ0v) is 10.5. The molecule has 1 aromatic carbocycles. The molecule has 0 spiro atoms. The number of esters is 1. The molecule has 1 aromatic rings. The number of hydrogen-bond donors (Lipinski definition) is 0. The lowest BCUT2D eigenvalue weighted by molar-refractivity contribution is -0.142. The predicted molar refractivity (Wildman–Crippen MR) is 63.4 cm³/mol. The summed E-state index contributed by atoms with van der Waals surface area (Å²) in [6, 6.07) is 5.42. The normalized spacial score (nSPS) is 9.62. The maximum absolute atomic E-state index is 10.7. The number of nitrogens with zero attached hydrogens (tertiary/aromatic N) is 1. The molecule has 0 aromatic heterocycles. The molecule has 0 bridgehead atoms. The van der Waals surface area contributed by atoms with Crippen LogP contribution in [0.5, 0.6) is 0 Å². The van der Waals surface area contributed by atoms with Gasteiger partial charge in [-0.05, 0) is 18.4 Å². The summed E-state index contributed by atoms with van der Waals surface area (Å²) in [5.41, 5.74) is 1.11. The van der Waals surface area contributed by atoms with E-state index in [1.807, 2.05) is 6.26 Å². The molecule has 0 aliphatic carbocycles. The monoisotopic (exact) mass is 255 g/mol. The Morgan fingerprint density at radius 2 is 2.31 bits per heavy atom. The van der Waals surface area contributed by atoms with Crippen LogP contribution in [0.1, 0.15) is 18.1 Å². The van der Waals surface area contributed by atoms with Crippen LogP contribution in [0, 0.1) is 11.3 Å². The molecule has 0 N–H and O–H groups in total. The van der Waals surface area contributed by atoms with Crippen LogP contribution < -0.4 is 0 Å². The number of carbonyl (C=O) groups is 1. The molecule has 3 nitrogen and oxygen atoms in total. The number of benzene rings is 1. The number of ether oxygens (including phenoxy) is 1. The number of carbonyl (C=O) groups excluding carboxylic acids is 1. The standard InChI is InChI=1S/C11H10ClNO2S/c1-7(14)15-6-9-3-10(12)11(16-2)4-8(9)5-13/h3-4H,6H2,1-2H3. The summed E-state index contributed by atoms with van der Waals surface area (Å²) in [5, 5.41) is 9.52. The predicted octanol–water partition coefficient (Wildman–Crippen LogP) is 3.00. The number of halogens is 1. The summed E-state index contributed by atoms with van der Waals surface area (Å²) in [7, 11) is 0. The molecule has 0 atom stereocenters. The summed E-state index contributed by atoms with van der Waals surface area (Å²) in [4.78, 5) is 11.5. The Morgan fingerprint density at radius 3 is 2.81 bits per heavy atom. The van der Waals surface area contributed by atoms with Crippen LogP contribution in [-0.4, -0.2) is 12.2 Å². The zero-order chi connectivity index (χ0) is 12.1. The highest BCUT2D eigenvalue weighted by atomic mass is 35.5. The molecule has 1 rings (SSSR count). The SMILES string of the molecule is CSc1cc(C#N)c(COC(C)=O)cc1Cl. The fourth-order valence-electron chi connectivity index (χ4n) is 1.15. The second-order valence-corrected chi connectivity index (χ2v) is 4.29. The first-order chi connectivity index (χ1) is 7.58. The van der Waals surface area contributed by atoms with Gasteiger partial charge in [-0.15, -0.1) is 11.8 Å². The minimum atomic E-state index is -0.381. The molecule has 0 radical (unpaired) electrons. The van der Waals surface area contributed by atoms with Crippen LogP contribution in [0.3, 0.4) is 0 Å². The van der Waals surface area contributed by atoms with Gasteiger partial charge in [0.05, 0.1) is 16.7 Å². The van der Waals surface area contributed by atoms with E-state index < -0.39 is 0 Å². The van der Waals surface area contributed by atoms with E-state index in [1.54, 1.807) is 12.1 Å². The highest BCUT2D eigenvalue weighted by Crippen LogP contribution is 2.28.